The summed E-state index contributed by atoms with van der Waals surface area (Å²) in [7, 11) is 0. The zero-order valence-corrected chi connectivity index (χ0v) is 12.4. The molecule has 0 fully saturated rings. The summed E-state index contributed by atoms with van der Waals surface area (Å²) in [4.78, 5) is 11.4. The van der Waals surface area contributed by atoms with Gasteiger partial charge in [-0.2, -0.15) is 0 Å². The van der Waals surface area contributed by atoms with E-state index in [1.54, 1.807) is 0 Å². The third-order valence-electron chi connectivity index (χ3n) is 3.32. The Hall–Kier alpha value is -1.94. The number of aromatic nitrogens is 2. The van der Waals surface area contributed by atoms with Crippen molar-refractivity contribution in [2.45, 2.75) is 33.9 Å². The summed E-state index contributed by atoms with van der Waals surface area (Å²) in [6, 6.07) is 8.22. The molecule has 0 aliphatic rings. The van der Waals surface area contributed by atoms with Gasteiger partial charge in [0.2, 0.25) is 0 Å². The Kier molecular flexibility index (Phi) is 4.69. The van der Waals surface area contributed by atoms with Crippen LogP contribution in [0.25, 0.3) is 0 Å². The third-order valence-corrected chi connectivity index (χ3v) is 3.32. The first-order chi connectivity index (χ1) is 9.63. The highest BCUT2D eigenvalue weighted by Crippen LogP contribution is 2.19. The predicted octanol–water partition coefficient (Wildman–Crippen LogP) is 2.58. The average Bonchev–Trinajstić information content (AvgIpc) is 2.45. The molecule has 20 heavy (non-hydrogen) atoms. The molecule has 4 nitrogen and oxygen atoms in total. The fraction of sp³-hybridized carbons (Fsp3) is 0.375. The summed E-state index contributed by atoms with van der Waals surface area (Å²) < 4.78 is 0. The van der Waals surface area contributed by atoms with E-state index < -0.39 is 0 Å². The predicted molar refractivity (Wildman–Crippen MR) is 82.6 cm³/mol. The molecule has 0 spiro atoms. The number of hydrogen-bond acceptors (Lipinski definition) is 4. The van der Waals surface area contributed by atoms with Crippen molar-refractivity contribution in [3.63, 3.8) is 0 Å². The summed E-state index contributed by atoms with van der Waals surface area (Å²) in [5.41, 5.74) is 9.98. The van der Waals surface area contributed by atoms with E-state index in [4.69, 9.17) is 5.73 Å². The van der Waals surface area contributed by atoms with Gasteiger partial charge in [0.1, 0.15) is 5.82 Å². The van der Waals surface area contributed by atoms with Gasteiger partial charge in [-0.05, 0) is 50.1 Å². The fourth-order valence-electron chi connectivity index (χ4n) is 2.29. The molecule has 0 atom stereocenters. The molecule has 2 heterocycles. The van der Waals surface area contributed by atoms with Crippen molar-refractivity contribution in [2.24, 2.45) is 5.73 Å². The van der Waals surface area contributed by atoms with Gasteiger partial charge in [-0.1, -0.05) is 6.07 Å². The summed E-state index contributed by atoms with van der Waals surface area (Å²) >= 11 is 0. The van der Waals surface area contributed by atoms with Crippen molar-refractivity contribution in [2.75, 3.05) is 11.4 Å². The molecule has 0 aliphatic carbocycles. The summed E-state index contributed by atoms with van der Waals surface area (Å²) in [6.07, 6.45) is 1.86. The summed E-state index contributed by atoms with van der Waals surface area (Å²) in [5.74, 6) is 1.01. The minimum absolute atomic E-state index is 0.527. The molecule has 0 aromatic carbocycles. The molecular weight excluding hydrogens is 248 g/mol. The number of nitrogens with zero attached hydrogens (tertiary/aromatic N) is 3. The fourth-order valence-corrected chi connectivity index (χ4v) is 2.29. The van der Waals surface area contributed by atoms with E-state index in [-0.39, 0.29) is 0 Å². The number of anilines is 1. The van der Waals surface area contributed by atoms with Crippen LogP contribution in [0, 0.1) is 13.8 Å². The smallest absolute Gasteiger partial charge is 0.131 e. The third kappa shape index (κ3) is 3.33. The molecule has 106 valence electrons. The minimum Gasteiger partial charge on any atom is -0.351 e. The molecule has 0 saturated carbocycles. The van der Waals surface area contributed by atoms with Crippen molar-refractivity contribution in [1.29, 1.82) is 0 Å². The van der Waals surface area contributed by atoms with Crippen LogP contribution in [0.2, 0.25) is 0 Å². The highest BCUT2D eigenvalue weighted by molar-refractivity contribution is 5.47. The molecule has 0 amide bonds. The molecule has 2 N–H and O–H groups in total. The van der Waals surface area contributed by atoms with Gasteiger partial charge in [0.15, 0.2) is 0 Å². The van der Waals surface area contributed by atoms with Crippen molar-refractivity contribution in [3.05, 3.63) is 53.0 Å². The lowest BCUT2D eigenvalue weighted by Crippen LogP contribution is -2.24. The highest BCUT2D eigenvalue weighted by Gasteiger charge is 2.11. The first kappa shape index (κ1) is 14.5. The number of rotatable bonds is 5. The zero-order valence-electron chi connectivity index (χ0n) is 12.4. The van der Waals surface area contributed by atoms with E-state index in [9.17, 15) is 0 Å². The van der Waals surface area contributed by atoms with Crippen molar-refractivity contribution < 1.29 is 0 Å². The van der Waals surface area contributed by atoms with Gasteiger partial charge < -0.3 is 10.6 Å². The normalized spacial score (nSPS) is 10.6. The first-order valence-corrected chi connectivity index (χ1v) is 6.97. The second-order valence-corrected chi connectivity index (χ2v) is 4.97. The monoisotopic (exact) mass is 270 g/mol. The van der Waals surface area contributed by atoms with Crippen molar-refractivity contribution in [1.82, 2.24) is 9.97 Å². The molecule has 2 aromatic heterocycles. The zero-order chi connectivity index (χ0) is 14.5. The van der Waals surface area contributed by atoms with E-state index in [1.165, 1.54) is 0 Å². The van der Waals surface area contributed by atoms with Crippen LogP contribution >= 0.6 is 0 Å². The van der Waals surface area contributed by atoms with Gasteiger partial charge in [0.05, 0.1) is 12.2 Å². The lowest BCUT2D eigenvalue weighted by atomic mass is 10.2. The Morgan fingerprint density at radius 1 is 1.25 bits per heavy atom. The Balaban J connectivity index is 2.24. The van der Waals surface area contributed by atoms with Crippen LogP contribution in [0.4, 0.5) is 5.82 Å². The quantitative estimate of drug-likeness (QED) is 0.907. The van der Waals surface area contributed by atoms with Gasteiger partial charge >= 0.3 is 0 Å². The van der Waals surface area contributed by atoms with Crippen LogP contribution in [-0.2, 0) is 13.1 Å². The molecule has 2 aromatic rings. The topological polar surface area (TPSA) is 55.0 Å². The van der Waals surface area contributed by atoms with Gasteiger partial charge in [-0.3, -0.25) is 4.98 Å². The van der Waals surface area contributed by atoms with Crippen molar-refractivity contribution >= 4 is 5.82 Å². The number of pyridine rings is 2. The largest absolute Gasteiger partial charge is 0.351 e. The number of hydrogen-bond donors (Lipinski definition) is 1. The second-order valence-electron chi connectivity index (χ2n) is 4.97. The molecular formula is C16H22N4. The number of nitrogens with two attached hydrogens (primary N) is 1. The van der Waals surface area contributed by atoms with Crippen LogP contribution in [0.15, 0.2) is 30.5 Å². The SMILES string of the molecule is CCN(Cc1cccc(C)n1)c1ncc(CN)cc1C. The van der Waals surface area contributed by atoms with E-state index in [1.807, 2.05) is 25.3 Å². The molecule has 0 unspecified atom stereocenters. The maximum Gasteiger partial charge on any atom is 0.131 e. The van der Waals surface area contributed by atoms with Gasteiger partial charge in [-0.15, -0.1) is 0 Å². The molecule has 0 saturated heterocycles. The molecule has 2 rings (SSSR count). The van der Waals surface area contributed by atoms with Crippen LogP contribution in [0.1, 0.15) is 29.4 Å². The highest BCUT2D eigenvalue weighted by atomic mass is 15.2. The van der Waals surface area contributed by atoms with Crippen LogP contribution in [0.3, 0.4) is 0 Å². The second kappa shape index (κ2) is 6.48. The van der Waals surface area contributed by atoms with Gasteiger partial charge in [0, 0.05) is 25.0 Å². The van der Waals surface area contributed by atoms with E-state index in [2.05, 4.69) is 40.8 Å². The Labute approximate surface area is 120 Å². The van der Waals surface area contributed by atoms with Gasteiger partial charge in [-0.25, -0.2) is 4.98 Å². The Morgan fingerprint density at radius 3 is 2.65 bits per heavy atom. The van der Waals surface area contributed by atoms with Gasteiger partial charge in [0.25, 0.3) is 0 Å². The first-order valence-electron chi connectivity index (χ1n) is 6.97. The van der Waals surface area contributed by atoms with Crippen molar-refractivity contribution in [3.8, 4) is 0 Å². The molecule has 0 radical (unpaired) electrons. The Bertz CT molecular complexity index is 580. The maximum atomic E-state index is 5.65. The van der Waals surface area contributed by atoms with E-state index in [0.717, 1.165) is 41.4 Å². The summed E-state index contributed by atoms with van der Waals surface area (Å²) in [6.45, 7) is 8.42. The standard InChI is InChI=1S/C16H22N4/c1-4-20(11-15-7-5-6-13(3)19-15)16-12(2)8-14(9-17)10-18-16/h5-8,10H,4,9,11,17H2,1-3H3. The lowest BCUT2D eigenvalue weighted by molar-refractivity contribution is 0.785. The van der Waals surface area contributed by atoms with E-state index >= 15 is 0 Å². The van der Waals surface area contributed by atoms with Crippen LogP contribution in [-0.4, -0.2) is 16.5 Å². The van der Waals surface area contributed by atoms with Crippen LogP contribution in [0.5, 0.6) is 0 Å². The maximum absolute atomic E-state index is 5.65. The average molecular weight is 270 g/mol. The molecule has 0 aliphatic heterocycles. The molecule has 4 heteroatoms. The lowest BCUT2D eigenvalue weighted by Gasteiger charge is -2.23. The minimum atomic E-state index is 0.527. The van der Waals surface area contributed by atoms with E-state index in [0.29, 0.717) is 6.54 Å². The molecule has 0 bridgehead atoms. The number of aryl methyl sites for hydroxylation is 2. The van der Waals surface area contributed by atoms with Crippen LogP contribution < -0.4 is 10.6 Å². The Morgan fingerprint density at radius 2 is 2.05 bits per heavy atom. The summed E-state index contributed by atoms with van der Waals surface area (Å²) in [5, 5.41) is 0.